The molecule has 4 heteroatoms. The molecule has 0 fully saturated rings. The minimum absolute atomic E-state index is 0.146. The van der Waals surface area contributed by atoms with Crippen LogP contribution in [0, 0.1) is 0 Å². The number of fused-ring (bicyclic) bond motifs is 1. The third-order valence-corrected chi connectivity index (χ3v) is 2.83. The maximum absolute atomic E-state index is 9.64. The Morgan fingerprint density at radius 1 is 1.29 bits per heavy atom. The Morgan fingerprint density at radius 3 is 2.79 bits per heavy atom. The molecule has 2 N–H and O–H groups in total. The highest BCUT2D eigenvalue weighted by Gasteiger charge is 2.09. The summed E-state index contributed by atoms with van der Waals surface area (Å²) in [5.74, 6) is -0.466. The van der Waals surface area contributed by atoms with E-state index in [1.54, 1.807) is 6.20 Å². The number of nitrogens with zero attached hydrogens (tertiary/aromatic N) is 1. The van der Waals surface area contributed by atoms with E-state index in [1.165, 1.54) is 11.8 Å². The van der Waals surface area contributed by atoms with Gasteiger partial charge in [0, 0.05) is 21.9 Å². The lowest BCUT2D eigenvalue weighted by molar-refractivity contribution is 0.393. The van der Waals surface area contributed by atoms with Crippen LogP contribution < -0.4 is 0 Å². The lowest BCUT2D eigenvalue weighted by Gasteiger charge is -2.05. The molecule has 0 amide bonds. The van der Waals surface area contributed by atoms with Gasteiger partial charge in [0.2, 0.25) is 0 Å². The molecule has 1 heterocycles. The molecule has 0 atom stereocenters. The maximum atomic E-state index is 9.64. The lowest BCUT2D eigenvalue weighted by Crippen LogP contribution is -1.82. The average molecular weight is 207 g/mol. The van der Waals surface area contributed by atoms with Gasteiger partial charge in [-0.05, 0) is 12.3 Å². The minimum Gasteiger partial charge on any atom is -0.503 e. The molecule has 0 radical (unpaired) electrons. The van der Waals surface area contributed by atoms with Crippen LogP contribution in [-0.4, -0.2) is 21.5 Å². The SMILES string of the molecule is CSc1cccc2cnc(O)c(O)c12. The predicted molar refractivity (Wildman–Crippen MR) is 56.9 cm³/mol. The first-order chi connectivity index (χ1) is 6.74. The van der Waals surface area contributed by atoms with Crippen molar-refractivity contribution in [3.63, 3.8) is 0 Å². The first-order valence-electron chi connectivity index (χ1n) is 4.07. The van der Waals surface area contributed by atoms with E-state index in [1.807, 2.05) is 24.5 Å². The molecule has 2 aromatic rings. The molecule has 1 aromatic heterocycles. The van der Waals surface area contributed by atoms with Gasteiger partial charge in [-0.3, -0.25) is 0 Å². The molecule has 0 spiro atoms. The second kappa shape index (κ2) is 3.38. The van der Waals surface area contributed by atoms with Gasteiger partial charge in [-0.1, -0.05) is 12.1 Å². The van der Waals surface area contributed by atoms with E-state index >= 15 is 0 Å². The second-order valence-corrected chi connectivity index (χ2v) is 3.70. The van der Waals surface area contributed by atoms with Crippen LogP contribution in [0.2, 0.25) is 0 Å². The molecule has 14 heavy (non-hydrogen) atoms. The third kappa shape index (κ3) is 1.28. The molecule has 0 aliphatic heterocycles. The predicted octanol–water partition coefficient (Wildman–Crippen LogP) is 2.37. The summed E-state index contributed by atoms with van der Waals surface area (Å²) in [5.41, 5.74) is 0. The first kappa shape index (κ1) is 9.15. The van der Waals surface area contributed by atoms with Crippen molar-refractivity contribution < 1.29 is 10.2 Å². The van der Waals surface area contributed by atoms with Crippen molar-refractivity contribution >= 4 is 22.5 Å². The van der Waals surface area contributed by atoms with Crippen LogP contribution in [-0.2, 0) is 0 Å². The molecule has 0 saturated heterocycles. The number of aromatic hydroxyl groups is 2. The molecule has 0 bridgehead atoms. The van der Waals surface area contributed by atoms with Crippen molar-refractivity contribution in [3.05, 3.63) is 24.4 Å². The molecular weight excluding hydrogens is 198 g/mol. The summed E-state index contributed by atoms with van der Waals surface area (Å²) in [6, 6.07) is 5.64. The number of hydrogen-bond acceptors (Lipinski definition) is 4. The molecule has 0 aliphatic carbocycles. The summed E-state index contributed by atoms with van der Waals surface area (Å²) >= 11 is 1.52. The van der Waals surface area contributed by atoms with Crippen LogP contribution >= 0.6 is 11.8 Å². The number of rotatable bonds is 1. The van der Waals surface area contributed by atoms with Crippen molar-refractivity contribution in [1.29, 1.82) is 0 Å². The Hall–Kier alpha value is -1.42. The molecule has 0 saturated carbocycles. The molecule has 0 aliphatic rings. The van der Waals surface area contributed by atoms with Gasteiger partial charge < -0.3 is 10.2 Å². The maximum Gasteiger partial charge on any atom is 0.255 e. The van der Waals surface area contributed by atoms with Gasteiger partial charge in [0.25, 0.3) is 5.88 Å². The van der Waals surface area contributed by atoms with Gasteiger partial charge in [0.15, 0.2) is 5.75 Å². The van der Waals surface area contributed by atoms with Gasteiger partial charge in [-0.15, -0.1) is 11.8 Å². The fourth-order valence-electron chi connectivity index (χ4n) is 1.38. The van der Waals surface area contributed by atoms with Crippen molar-refractivity contribution in [2.45, 2.75) is 4.90 Å². The zero-order valence-electron chi connectivity index (χ0n) is 7.56. The largest absolute Gasteiger partial charge is 0.503 e. The number of pyridine rings is 1. The normalized spacial score (nSPS) is 10.6. The van der Waals surface area contributed by atoms with Gasteiger partial charge in [0.05, 0.1) is 0 Å². The average Bonchev–Trinajstić information content (AvgIpc) is 2.23. The summed E-state index contributed by atoms with van der Waals surface area (Å²) < 4.78 is 0. The standard InChI is InChI=1S/C10H9NO2S/c1-14-7-4-2-3-6-5-11-10(13)9(12)8(6)7/h2-5,12H,1H3,(H,11,13). The highest BCUT2D eigenvalue weighted by atomic mass is 32.2. The van der Waals surface area contributed by atoms with Crippen LogP contribution in [0.4, 0.5) is 0 Å². The lowest BCUT2D eigenvalue weighted by atomic mass is 10.1. The smallest absolute Gasteiger partial charge is 0.255 e. The van der Waals surface area contributed by atoms with Crippen molar-refractivity contribution in [3.8, 4) is 11.6 Å². The minimum atomic E-state index is -0.320. The third-order valence-electron chi connectivity index (χ3n) is 2.05. The summed E-state index contributed by atoms with van der Waals surface area (Å²) in [7, 11) is 0. The van der Waals surface area contributed by atoms with Crippen LogP contribution in [0.15, 0.2) is 29.3 Å². The zero-order chi connectivity index (χ0) is 10.1. The highest BCUT2D eigenvalue weighted by Crippen LogP contribution is 2.36. The Labute approximate surface area is 85.4 Å². The first-order valence-corrected chi connectivity index (χ1v) is 5.30. The van der Waals surface area contributed by atoms with Gasteiger partial charge in [-0.25, -0.2) is 4.98 Å². The molecule has 72 valence electrons. The van der Waals surface area contributed by atoms with E-state index in [0.29, 0.717) is 5.39 Å². The van der Waals surface area contributed by atoms with Crippen molar-refractivity contribution in [2.24, 2.45) is 0 Å². The Bertz CT molecular complexity index is 485. The van der Waals surface area contributed by atoms with E-state index in [2.05, 4.69) is 4.98 Å². The number of thioether (sulfide) groups is 1. The van der Waals surface area contributed by atoms with Crippen LogP contribution in [0.3, 0.4) is 0 Å². The van der Waals surface area contributed by atoms with E-state index < -0.39 is 0 Å². The summed E-state index contributed by atoms with van der Waals surface area (Å²) in [5, 5.41) is 20.4. The molecular formula is C10H9NO2S. The summed E-state index contributed by atoms with van der Waals surface area (Å²) in [6.07, 6.45) is 3.47. The topological polar surface area (TPSA) is 53.4 Å². The van der Waals surface area contributed by atoms with E-state index in [4.69, 9.17) is 0 Å². The quantitative estimate of drug-likeness (QED) is 0.705. The van der Waals surface area contributed by atoms with E-state index in [-0.39, 0.29) is 11.6 Å². The van der Waals surface area contributed by atoms with Crippen molar-refractivity contribution in [2.75, 3.05) is 6.26 Å². The van der Waals surface area contributed by atoms with Gasteiger partial charge >= 0.3 is 0 Å². The molecule has 3 nitrogen and oxygen atoms in total. The summed E-state index contributed by atoms with van der Waals surface area (Å²) in [4.78, 5) is 4.61. The van der Waals surface area contributed by atoms with E-state index in [9.17, 15) is 10.2 Å². The second-order valence-electron chi connectivity index (χ2n) is 2.85. The highest BCUT2D eigenvalue weighted by molar-refractivity contribution is 7.98. The van der Waals surface area contributed by atoms with Gasteiger partial charge in [-0.2, -0.15) is 0 Å². The van der Waals surface area contributed by atoms with E-state index in [0.717, 1.165) is 10.3 Å². The van der Waals surface area contributed by atoms with Crippen LogP contribution in [0.25, 0.3) is 10.8 Å². The Kier molecular flexibility index (Phi) is 2.21. The number of aromatic nitrogens is 1. The van der Waals surface area contributed by atoms with Crippen LogP contribution in [0.5, 0.6) is 11.6 Å². The molecule has 0 unspecified atom stereocenters. The van der Waals surface area contributed by atoms with Crippen molar-refractivity contribution in [1.82, 2.24) is 4.98 Å². The van der Waals surface area contributed by atoms with Gasteiger partial charge in [0.1, 0.15) is 0 Å². The Balaban J connectivity index is 2.89. The fourth-order valence-corrected chi connectivity index (χ4v) is 2.02. The molecule has 1 aromatic carbocycles. The Morgan fingerprint density at radius 2 is 2.07 bits per heavy atom. The monoisotopic (exact) mass is 207 g/mol. The summed E-state index contributed by atoms with van der Waals surface area (Å²) in [6.45, 7) is 0. The number of hydrogen-bond donors (Lipinski definition) is 2. The van der Waals surface area contributed by atoms with Crippen LogP contribution in [0.1, 0.15) is 0 Å². The zero-order valence-corrected chi connectivity index (χ0v) is 8.38. The molecule has 2 rings (SSSR count). The fraction of sp³-hybridized carbons (Fsp3) is 0.100. The number of benzene rings is 1.